The summed E-state index contributed by atoms with van der Waals surface area (Å²) in [5.41, 5.74) is 0. The standard InChI is InChI=1S/C12H19NO5S/c1-10(2)5-7-17-8-6-13-19(15,16)12-4-3-11(9-14)18-12/h3-4,9-10,13H,5-8H2,1-2H3. The molecule has 0 saturated carbocycles. The molecule has 1 N–H and O–H groups in total. The first-order valence-corrected chi connectivity index (χ1v) is 7.56. The highest BCUT2D eigenvalue weighted by Gasteiger charge is 2.17. The molecule has 19 heavy (non-hydrogen) atoms. The van der Waals surface area contributed by atoms with Gasteiger partial charge in [-0.05, 0) is 24.5 Å². The first-order chi connectivity index (χ1) is 8.95. The van der Waals surface area contributed by atoms with E-state index in [4.69, 9.17) is 9.15 Å². The molecule has 1 rings (SSSR count). The molecule has 1 aromatic rings. The van der Waals surface area contributed by atoms with Crippen LogP contribution in [0.5, 0.6) is 0 Å². The summed E-state index contributed by atoms with van der Waals surface area (Å²) >= 11 is 0. The number of furan rings is 1. The molecule has 0 amide bonds. The molecule has 6 nitrogen and oxygen atoms in total. The Morgan fingerprint density at radius 2 is 2.11 bits per heavy atom. The van der Waals surface area contributed by atoms with Gasteiger partial charge in [0, 0.05) is 13.2 Å². The van der Waals surface area contributed by atoms with Crippen LogP contribution in [0, 0.1) is 5.92 Å². The van der Waals surface area contributed by atoms with E-state index >= 15 is 0 Å². The molecule has 0 radical (unpaired) electrons. The number of nitrogens with one attached hydrogen (secondary N) is 1. The molecule has 0 aliphatic heterocycles. The number of ether oxygens (including phenoxy) is 1. The first kappa shape index (κ1) is 15.9. The Hall–Kier alpha value is -1.18. The SMILES string of the molecule is CC(C)CCOCCNS(=O)(=O)c1ccc(C=O)o1. The van der Waals surface area contributed by atoms with Crippen molar-refractivity contribution in [1.29, 1.82) is 0 Å². The monoisotopic (exact) mass is 289 g/mol. The van der Waals surface area contributed by atoms with Crippen molar-refractivity contribution in [1.82, 2.24) is 4.72 Å². The molecule has 0 aromatic carbocycles. The van der Waals surface area contributed by atoms with Crippen LogP contribution in [0.3, 0.4) is 0 Å². The summed E-state index contributed by atoms with van der Waals surface area (Å²) in [5, 5.41) is -0.267. The number of rotatable bonds is 9. The summed E-state index contributed by atoms with van der Waals surface area (Å²) in [6, 6.07) is 2.55. The van der Waals surface area contributed by atoms with E-state index in [1.54, 1.807) is 0 Å². The molecule has 0 unspecified atom stereocenters. The number of hydrogen-bond acceptors (Lipinski definition) is 5. The van der Waals surface area contributed by atoms with Gasteiger partial charge < -0.3 is 9.15 Å². The van der Waals surface area contributed by atoms with Gasteiger partial charge in [-0.3, -0.25) is 4.79 Å². The van der Waals surface area contributed by atoms with E-state index < -0.39 is 10.0 Å². The van der Waals surface area contributed by atoms with Crippen LogP contribution in [0.2, 0.25) is 0 Å². The van der Waals surface area contributed by atoms with Crippen LogP contribution in [0.15, 0.2) is 21.6 Å². The lowest BCUT2D eigenvalue weighted by molar-refractivity contribution is 0.109. The number of carbonyl (C=O) groups excluding carboxylic acids is 1. The van der Waals surface area contributed by atoms with Crippen LogP contribution in [0.1, 0.15) is 30.8 Å². The molecule has 1 aromatic heterocycles. The Labute approximate surface area is 113 Å². The molecule has 0 atom stereocenters. The van der Waals surface area contributed by atoms with Crippen LogP contribution in [-0.4, -0.2) is 34.5 Å². The fourth-order valence-corrected chi connectivity index (χ4v) is 2.23. The molecular weight excluding hydrogens is 270 g/mol. The van der Waals surface area contributed by atoms with Crippen molar-refractivity contribution in [2.24, 2.45) is 5.92 Å². The van der Waals surface area contributed by atoms with Crippen molar-refractivity contribution < 1.29 is 22.4 Å². The topological polar surface area (TPSA) is 85.6 Å². The third-order valence-corrected chi connectivity index (χ3v) is 3.69. The van der Waals surface area contributed by atoms with Crippen molar-refractivity contribution in [3.63, 3.8) is 0 Å². The Morgan fingerprint density at radius 1 is 1.37 bits per heavy atom. The zero-order chi connectivity index (χ0) is 14.3. The lowest BCUT2D eigenvalue weighted by Gasteiger charge is -2.07. The maximum atomic E-state index is 11.7. The molecule has 108 valence electrons. The van der Waals surface area contributed by atoms with Gasteiger partial charge in [-0.15, -0.1) is 0 Å². The smallest absolute Gasteiger partial charge is 0.274 e. The highest BCUT2D eigenvalue weighted by atomic mass is 32.2. The average Bonchev–Trinajstić information content (AvgIpc) is 2.82. The summed E-state index contributed by atoms with van der Waals surface area (Å²) in [7, 11) is -3.71. The van der Waals surface area contributed by atoms with Gasteiger partial charge in [0.15, 0.2) is 12.0 Å². The van der Waals surface area contributed by atoms with Crippen molar-refractivity contribution in [2.75, 3.05) is 19.8 Å². The van der Waals surface area contributed by atoms with E-state index in [2.05, 4.69) is 18.6 Å². The highest BCUT2D eigenvalue weighted by molar-refractivity contribution is 7.89. The van der Waals surface area contributed by atoms with E-state index in [1.807, 2.05) is 0 Å². The highest BCUT2D eigenvalue weighted by Crippen LogP contribution is 2.11. The van der Waals surface area contributed by atoms with Crippen LogP contribution < -0.4 is 4.72 Å². The minimum atomic E-state index is -3.71. The molecule has 0 saturated heterocycles. The molecule has 1 heterocycles. The second kappa shape index (κ2) is 7.42. The lowest BCUT2D eigenvalue weighted by atomic mass is 10.1. The van der Waals surface area contributed by atoms with Crippen molar-refractivity contribution in [3.05, 3.63) is 17.9 Å². The summed E-state index contributed by atoms with van der Waals surface area (Å²) in [5.74, 6) is 0.537. The van der Waals surface area contributed by atoms with E-state index in [0.29, 0.717) is 25.4 Å². The van der Waals surface area contributed by atoms with Crippen LogP contribution in [-0.2, 0) is 14.8 Å². The third kappa shape index (κ3) is 5.54. The zero-order valence-electron chi connectivity index (χ0n) is 11.1. The lowest BCUT2D eigenvalue weighted by Crippen LogP contribution is -2.27. The fourth-order valence-electron chi connectivity index (χ4n) is 1.28. The van der Waals surface area contributed by atoms with E-state index in [9.17, 15) is 13.2 Å². The minimum Gasteiger partial charge on any atom is -0.440 e. The molecule has 0 bridgehead atoms. The van der Waals surface area contributed by atoms with Crippen molar-refractivity contribution >= 4 is 16.3 Å². The van der Waals surface area contributed by atoms with Crippen molar-refractivity contribution in [2.45, 2.75) is 25.4 Å². The minimum absolute atomic E-state index is 0.0199. The van der Waals surface area contributed by atoms with Gasteiger partial charge in [-0.2, -0.15) is 0 Å². The maximum Gasteiger partial charge on any atom is 0.274 e. The predicted molar refractivity (Wildman–Crippen MR) is 69.6 cm³/mol. The van der Waals surface area contributed by atoms with E-state index in [1.165, 1.54) is 12.1 Å². The van der Waals surface area contributed by atoms with Gasteiger partial charge in [0.2, 0.25) is 5.09 Å². The van der Waals surface area contributed by atoms with Gasteiger partial charge in [0.1, 0.15) is 0 Å². The Kier molecular flexibility index (Phi) is 6.20. The van der Waals surface area contributed by atoms with E-state index in [-0.39, 0.29) is 17.4 Å². The molecule has 7 heteroatoms. The van der Waals surface area contributed by atoms with Crippen molar-refractivity contribution in [3.8, 4) is 0 Å². The molecule has 0 aliphatic carbocycles. The quantitative estimate of drug-likeness (QED) is 0.549. The summed E-state index contributed by atoms with van der Waals surface area (Å²) < 4.78 is 35.9. The summed E-state index contributed by atoms with van der Waals surface area (Å²) in [6.45, 7) is 5.25. The summed E-state index contributed by atoms with van der Waals surface area (Å²) in [4.78, 5) is 10.4. The van der Waals surface area contributed by atoms with Crippen LogP contribution in [0.25, 0.3) is 0 Å². The maximum absolute atomic E-state index is 11.7. The molecule has 0 spiro atoms. The van der Waals surface area contributed by atoms with Crippen LogP contribution in [0.4, 0.5) is 0 Å². The molecular formula is C12H19NO5S. The predicted octanol–water partition coefficient (Wildman–Crippen LogP) is 1.43. The Morgan fingerprint density at radius 3 is 2.68 bits per heavy atom. The number of carbonyl (C=O) groups is 1. The number of hydrogen-bond donors (Lipinski definition) is 1. The number of sulfonamides is 1. The van der Waals surface area contributed by atoms with E-state index in [0.717, 1.165) is 6.42 Å². The number of aldehydes is 1. The zero-order valence-corrected chi connectivity index (χ0v) is 11.9. The summed E-state index contributed by atoms with van der Waals surface area (Å²) in [6.07, 6.45) is 1.39. The largest absolute Gasteiger partial charge is 0.440 e. The van der Waals surface area contributed by atoms with Gasteiger partial charge in [-0.25, -0.2) is 13.1 Å². The van der Waals surface area contributed by atoms with Gasteiger partial charge in [-0.1, -0.05) is 13.8 Å². The fraction of sp³-hybridized carbons (Fsp3) is 0.583. The Bertz CT molecular complexity index is 492. The van der Waals surface area contributed by atoms with Gasteiger partial charge >= 0.3 is 0 Å². The molecule has 0 aliphatic rings. The second-order valence-corrected chi connectivity index (χ2v) is 6.17. The second-order valence-electron chi connectivity index (χ2n) is 4.47. The average molecular weight is 289 g/mol. The van der Waals surface area contributed by atoms with Gasteiger partial charge in [0.05, 0.1) is 6.61 Å². The first-order valence-electron chi connectivity index (χ1n) is 6.08. The Balaban J connectivity index is 2.33. The van der Waals surface area contributed by atoms with Gasteiger partial charge in [0.25, 0.3) is 10.0 Å². The normalized spacial score (nSPS) is 11.9. The third-order valence-electron chi connectivity index (χ3n) is 2.36. The molecule has 0 fully saturated rings. The van der Waals surface area contributed by atoms with Crippen LogP contribution >= 0.6 is 0 Å².